The van der Waals surface area contributed by atoms with E-state index in [0.717, 1.165) is 29.5 Å². The quantitative estimate of drug-likeness (QED) is 0.786. The molecule has 0 saturated carbocycles. The van der Waals surface area contributed by atoms with Crippen LogP contribution >= 0.6 is 0 Å². The van der Waals surface area contributed by atoms with Crippen molar-refractivity contribution in [3.63, 3.8) is 0 Å². The van der Waals surface area contributed by atoms with E-state index in [-0.39, 0.29) is 0 Å². The van der Waals surface area contributed by atoms with Gasteiger partial charge < -0.3 is 5.11 Å². The van der Waals surface area contributed by atoms with Crippen molar-refractivity contribution < 1.29 is 5.11 Å². The van der Waals surface area contributed by atoms with Crippen molar-refractivity contribution in [3.8, 4) is 0 Å². The van der Waals surface area contributed by atoms with E-state index >= 15 is 0 Å². The Morgan fingerprint density at radius 2 is 2.10 bits per heavy atom. The summed E-state index contributed by atoms with van der Waals surface area (Å²) in [4.78, 5) is 0. The lowest BCUT2D eigenvalue weighted by atomic mass is 9.99. The van der Waals surface area contributed by atoms with E-state index in [1.54, 1.807) is 10.7 Å². The van der Waals surface area contributed by atoms with Gasteiger partial charge in [0.1, 0.15) is 6.10 Å². The van der Waals surface area contributed by atoms with Gasteiger partial charge in [0.15, 0.2) is 0 Å². The molecular formula is C17H18N2O. The van der Waals surface area contributed by atoms with Crippen LogP contribution in [0.1, 0.15) is 36.1 Å². The first-order chi connectivity index (χ1) is 9.79. The molecule has 0 aliphatic heterocycles. The molecule has 0 amide bonds. The molecular weight excluding hydrogens is 248 g/mol. The van der Waals surface area contributed by atoms with Crippen LogP contribution < -0.4 is 0 Å². The molecule has 20 heavy (non-hydrogen) atoms. The lowest BCUT2D eigenvalue weighted by Gasteiger charge is -2.11. The lowest BCUT2D eigenvalue weighted by Crippen LogP contribution is -2.00. The number of pyridine rings is 1. The highest BCUT2D eigenvalue weighted by atomic mass is 16.3. The summed E-state index contributed by atoms with van der Waals surface area (Å²) in [5.41, 5.74) is 3.98. The minimum atomic E-state index is -0.633. The van der Waals surface area contributed by atoms with Crippen molar-refractivity contribution in [2.24, 2.45) is 0 Å². The average molecular weight is 266 g/mol. The van der Waals surface area contributed by atoms with Gasteiger partial charge >= 0.3 is 0 Å². The number of aryl methyl sites for hydroxylation is 1. The minimum absolute atomic E-state index is 0.633. The Balaban J connectivity index is 1.99. The summed E-state index contributed by atoms with van der Waals surface area (Å²) in [5.74, 6) is 0. The van der Waals surface area contributed by atoms with Crippen LogP contribution in [-0.2, 0) is 6.42 Å². The van der Waals surface area contributed by atoms with Crippen LogP contribution in [0, 0.1) is 0 Å². The Morgan fingerprint density at radius 3 is 2.95 bits per heavy atom. The second-order valence-corrected chi connectivity index (χ2v) is 5.03. The second kappa shape index (κ2) is 5.47. The smallest absolute Gasteiger partial charge is 0.108 e. The maximum absolute atomic E-state index is 10.6. The first-order valence-corrected chi connectivity index (χ1v) is 6.98. The highest BCUT2D eigenvalue weighted by Crippen LogP contribution is 2.26. The number of hydrogen-bond acceptors (Lipinski definition) is 2. The van der Waals surface area contributed by atoms with Crippen LogP contribution in [0.4, 0.5) is 0 Å². The minimum Gasteiger partial charge on any atom is -0.384 e. The summed E-state index contributed by atoms with van der Waals surface area (Å²) in [6.07, 6.45) is 5.14. The van der Waals surface area contributed by atoms with Gasteiger partial charge in [-0.2, -0.15) is 5.10 Å². The fourth-order valence-electron chi connectivity index (χ4n) is 2.55. The highest BCUT2D eigenvalue weighted by Gasteiger charge is 2.15. The molecule has 0 fully saturated rings. The van der Waals surface area contributed by atoms with Crippen molar-refractivity contribution in [2.75, 3.05) is 0 Å². The molecule has 2 aromatic heterocycles. The van der Waals surface area contributed by atoms with E-state index in [2.05, 4.69) is 24.2 Å². The van der Waals surface area contributed by atoms with Gasteiger partial charge in [0.25, 0.3) is 0 Å². The number of aliphatic hydroxyl groups is 1. The summed E-state index contributed by atoms with van der Waals surface area (Å²) >= 11 is 0. The van der Waals surface area contributed by atoms with Gasteiger partial charge in [0.05, 0.1) is 11.7 Å². The molecule has 3 rings (SSSR count). The zero-order valence-electron chi connectivity index (χ0n) is 11.5. The van der Waals surface area contributed by atoms with Crippen molar-refractivity contribution in [1.29, 1.82) is 0 Å². The van der Waals surface area contributed by atoms with E-state index in [1.165, 1.54) is 5.56 Å². The summed E-state index contributed by atoms with van der Waals surface area (Å²) in [6, 6.07) is 14.0. The maximum Gasteiger partial charge on any atom is 0.108 e. The zero-order valence-corrected chi connectivity index (χ0v) is 11.5. The normalized spacial score (nSPS) is 12.7. The van der Waals surface area contributed by atoms with E-state index < -0.39 is 6.10 Å². The predicted molar refractivity (Wildman–Crippen MR) is 79.7 cm³/mol. The van der Waals surface area contributed by atoms with Crippen molar-refractivity contribution in [1.82, 2.24) is 9.61 Å². The fraction of sp³-hybridized carbons (Fsp3) is 0.235. The molecule has 102 valence electrons. The topological polar surface area (TPSA) is 37.5 Å². The number of hydrogen-bond donors (Lipinski definition) is 1. The number of aliphatic hydroxyl groups excluding tert-OH is 1. The number of aromatic nitrogens is 2. The van der Waals surface area contributed by atoms with Gasteiger partial charge in [0.2, 0.25) is 0 Å². The van der Waals surface area contributed by atoms with Crippen LogP contribution in [0.25, 0.3) is 5.52 Å². The van der Waals surface area contributed by atoms with Crippen LogP contribution in [0.15, 0.2) is 54.9 Å². The molecule has 2 heterocycles. The van der Waals surface area contributed by atoms with Gasteiger partial charge in [-0.15, -0.1) is 0 Å². The molecule has 1 N–H and O–H groups in total. The molecule has 0 aliphatic carbocycles. The van der Waals surface area contributed by atoms with E-state index in [4.69, 9.17) is 0 Å². The fourth-order valence-corrected chi connectivity index (χ4v) is 2.55. The molecule has 3 nitrogen and oxygen atoms in total. The molecule has 0 radical (unpaired) electrons. The first-order valence-electron chi connectivity index (χ1n) is 6.98. The third-order valence-corrected chi connectivity index (χ3v) is 3.56. The van der Waals surface area contributed by atoms with Gasteiger partial charge in [-0.05, 0) is 29.7 Å². The Bertz CT molecular complexity index is 718. The van der Waals surface area contributed by atoms with Gasteiger partial charge in [-0.1, -0.05) is 43.7 Å². The molecule has 1 atom stereocenters. The molecule has 0 saturated heterocycles. The molecule has 3 heteroatoms. The number of fused-ring (bicyclic) bond motifs is 1. The Hall–Kier alpha value is -2.13. The monoisotopic (exact) mass is 266 g/mol. The molecule has 1 unspecified atom stereocenters. The number of nitrogens with zero attached hydrogens (tertiary/aromatic N) is 2. The SMILES string of the molecule is CCCc1cccc(C(O)c2cnn3ccccc23)c1. The van der Waals surface area contributed by atoms with Gasteiger partial charge in [-0.25, -0.2) is 4.52 Å². The van der Waals surface area contributed by atoms with E-state index in [1.807, 2.05) is 36.5 Å². The second-order valence-electron chi connectivity index (χ2n) is 5.03. The number of benzene rings is 1. The Labute approximate surface area is 118 Å². The van der Waals surface area contributed by atoms with E-state index in [0.29, 0.717) is 0 Å². The van der Waals surface area contributed by atoms with E-state index in [9.17, 15) is 5.11 Å². The highest BCUT2D eigenvalue weighted by molar-refractivity contribution is 5.56. The maximum atomic E-state index is 10.6. The summed E-state index contributed by atoms with van der Waals surface area (Å²) in [7, 11) is 0. The Morgan fingerprint density at radius 1 is 1.20 bits per heavy atom. The molecule has 1 aromatic carbocycles. The molecule has 0 spiro atoms. The average Bonchev–Trinajstić information content (AvgIpc) is 2.91. The van der Waals surface area contributed by atoms with Crippen LogP contribution in [0.3, 0.4) is 0 Å². The van der Waals surface area contributed by atoms with Gasteiger partial charge in [-0.3, -0.25) is 0 Å². The first kappa shape index (κ1) is 12.9. The largest absolute Gasteiger partial charge is 0.384 e. The molecule has 0 bridgehead atoms. The van der Waals surface area contributed by atoms with Crippen LogP contribution in [-0.4, -0.2) is 14.7 Å². The van der Waals surface area contributed by atoms with Crippen molar-refractivity contribution in [2.45, 2.75) is 25.9 Å². The third kappa shape index (κ3) is 2.32. The molecule has 0 aliphatic rings. The Kier molecular flexibility index (Phi) is 3.52. The van der Waals surface area contributed by atoms with Crippen LogP contribution in [0.2, 0.25) is 0 Å². The van der Waals surface area contributed by atoms with Gasteiger partial charge in [0, 0.05) is 11.8 Å². The van der Waals surface area contributed by atoms with Crippen molar-refractivity contribution in [3.05, 3.63) is 71.5 Å². The standard InChI is InChI=1S/C17H18N2O/c1-2-6-13-7-5-8-14(11-13)17(20)15-12-18-19-10-4-3-9-16(15)19/h3-5,7-12,17,20H,2,6H2,1H3. The zero-order chi connectivity index (χ0) is 13.9. The summed E-state index contributed by atoms with van der Waals surface area (Å²) in [6.45, 7) is 2.16. The molecule has 3 aromatic rings. The van der Waals surface area contributed by atoms with Crippen molar-refractivity contribution >= 4 is 5.52 Å². The lowest BCUT2D eigenvalue weighted by molar-refractivity contribution is 0.221. The third-order valence-electron chi connectivity index (χ3n) is 3.56. The van der Waals surface area contributed by atoms with Crippen LogP contribution in [0.5, 0.6) is 0 Å². The summed E-state index contributed by atoms with van der Waals surface area (Å²) < 4.78 is 1.79. The predicted octanol–water partition coefficient (Wildman–Crippen LogP) is 3.37. The summed E-state index contributed by atoms with van der Waals surface area (Å²) in [5, 5.41) is 14.9. The number of rotatable bonds is 4.